The van der Waals surface area contributed by atoms with Crippen molar-refractivity contribution in [2.24, 2.45) is 0 Å². The number of carbonyl (C=O) groups excluding carboxylic acids is 1. The van der Waals surface area contributed by atoms with Crippen LogP contribution < -0.4 is 24.8 Å². The Morgan fingerprint density at radius 2 is 1.62 bits per heavy atom. The van der Waals surface area contributed by atoms with Gasteiger partial charge in [-0.3, -0.25) is 10.3 Å². The van der Waals surface area contributed by atoms with Crippen LogP contribution in [0.3, 0.4) is 0 Å². The van der Waals surface area contributed by atoms with Crippen LogP contribution in [0.15, 0.2) is 79.0 Å². The quantitative estimate of drug-likeness (QED) is 0.217. The SMILES string of the molecule is COc1cc2nccc(Oc3ccc(NC(=O)Nc4cc(C(C)C)nn4-c4ccccc4F)cc3)c2cc1OC. The van der Waals surface area contributed by atoms with Gasteiger partial charge in [0.15, 0.2) is 11.5 Å². The van der Waals surface area contributed by atoms with Crippen LogP contribution in [0.5, 0.6) is 23.0 Å². The molecule has 0 saturated carbocycles. The number of nitrogens with zero attached hydrogens (tertiary/aromatic N) is 3. The van der Waals surface area contributed by atoms with E-state index in [0.717, 1.165) is 11.1 Å². The molecule has 5 aromatic rings. The number of ether oxygens (including phenoxy) is 3. The Morgan fingerprint density at radius 3 is 2.33 bits per heavy atom. The van der Waals surface area contributed by atoms with Crippen molar-refractivity contribution >= 4 is 28.4 Å². The van der Waals surface area contributed by atoms with Crippen LogP contribution in [0.2, 0.25) is 0 Å². The van der Waals surface area contributed by atoms with Gasteiger partial charge in [0.2, 0.25) is 0 Å². The summed E-state index contributed by atoms with van der Waals surface area (Å²) >= 11 is 0. The van der Waals surface area contributed by atoms with Crippen molar-refractivity contribution < 1.29 is 23.4 Å². The van der Waals surface area contributed by atoms with Crippen molar-refractivity contribution in [1.82, 2.24) is 14.8 Å². The van der Waals surface area contributed by atoms with E-state index in [4.69, 9.17) is 14.2 Å². The Hall–Kier alpha value is -5.12. The van der Waals surface area contributed by atoms with E-state index in [9.17, 15) is 9.18 Å². The summed E-state index contributed by atoms with van der Waals surface area (Å²) in [6.07, 6.45) is 1.65. The lowest BCUT2D eigenvalue weighted by Crippen LogP contribution is -2.21. The standard InChI is InChI=1S/C30H28FN5O4/c1-18(2)23-17-29(36(35-23)25-8-6-5-7-22(25)31)34-30(37)33-19-9-11-20(12-10-19)40-26-13-14-32-24-16-28(39-4)27(38-3)15-21(24)26/h5-18H,1-4H3,(H2,33,34,37). The summed E-state index contributed by atoms with van der Waals surface area (Å²) in [5.41, 5.74) is 2.20. The Balaban J connectivity index is 1.31. The molecule has 0 spiro atoms. The first kappa shape index (κ1) is 26.5. The number of para-hydroxylation sites is 1. The summed E-state index contributed by atoms with van der Waals surface area (Å²) in [6, 6.07) is 19.8. The van der Waals surface area contributed by atoms with Crippen molar-refractivity contribution in [3.8, 4) is 28.7 Å². The Morgan fingerprint density at radius 1 is 0.900 bits per heavy atom. The molecule has 2 N–H and O–H groups in total. The number of benzene rings is 3. The maximum absolute atomic E-state index is 14.5. The van der Waals surface area contributed by atoms with E-state index in [1.165, 1.54) is 10.7 Å². The molecule has 204 valence electrons. The van der Waals surface area contributed by atoms with Crippen LogP contribution in [0, 0.1) is 5.82 Å². The largest absolute Gasteiger partial charge is 0.493 e. The van der Waals surface area contributed by atoms with E-state index in [2.05, 4.69) is 20.7 Å². The van der Waals surface area contributed by atoms with Gasteiger partial charge in [0.25, 0.3) is 0 Å². The second-order valence-corrected chi connectivity index (χ2v) is 9.21. The smallest absolute Gasteiger partial charge is 0.324 e. The molecule has 40 heavy (non-hydrogen) atoms. The molecule has 10 heteroatoms. The summed E-state index contributed by atoms with van der Waals surface area (Å²) in [5.74, 6) is 2.28. The minimum absolute atomic E-state index is 0.0878. The van der Waals surface area contributed by atoms with Gasteiger partial charge in [-0.2, -0.15) is 5.10 Å². The second-order valence-electron chi connectivity index (χ2n) is 9.21. The first-order valence-electron chi connectivity index (χ1n) is 12.6. The summed E-state index contributed by atoms with van der Waals surface area (Å²) in [6.45, 7) is 3.95. The van der Waals surface area contributed by atoms with E-state index < -0.39 is 11.8 Å². The number of hydrogen-bond acceptors (Lipinski definition) is 6. The zero-order valence-corrected chi connectivity index (χ0v) is 22.4. The Kier molecular flexibility index (Phi) is 7.50. The lowest BCUT2D eigenvalue weighted by molar-refractivity contribution is 0.262. The van der Waals surface area contributed by atoms with Gasteiger partial charge in [-0.05, 0) is 54.4 Å². The monoisotopic (exact) mass is 541 g/mol. The molecule has 0 unspecified atom stereocenters. The van der Waals surface area contributed by atoms with Gasteiger partial charge in [-0.15, -0.1) is 0 Å². The minimum atomic E-state index is -0.498. The zero-order chi connectivity index (χ0) is 28.2. The predicted molar refractivity (Wildman–Crippen MR) is 152 cm³/mol. The number of hydrogen-bond donors (Lipinski definition) is 2. The van der Waals surface area contributed by atoms with Gasteiger partial charge in [0.05, 0.1) is 25.4 Å². The molecule has 0 fully saturated rings. The predicted octanol–water partition coefficient (Wildman–Crippen LogP) is 7.14. The van der Waals surface area contributed by atoms with Crippen molar-refractivity contribution in [3.63, 3.8) is 0 Å². The molecule has 0 radical (unpaired) electrons. The molecular formula is C30H28FN5O4. The van der Waals surface area contributed by atoms with Gasteiger partial charge in [-0.1, -0.05) is 26.0 Å². The number of aromatic nitrogens is 3. The van der Waals surface area contributed by atoms with Crippen molar-refractivity contribution in [3.05, 3.63) is 90.5 Å². The number of halogens is 1. The number of pyridine rings is 1. The molecule has 2 amide bonds. The summed E-state index contributed by atoms with van der Waals surface area (Å²) in [5, 5.41) is 10.8. The highest BCUT2D eigenvalue weighted by atomic mass is 19.1. The molecule has 5 rings (SSSR count). The number of nitrogens with one attached hydrogen (secondary N) is 2. The van der Waals surface area contributed by atoms with Gasteiger partial charge in [0.1, 0.15) is 28.8 Å². The van der Waals surface area contributed by atoms with Crippen molar-refractivity contribution in [2.45, 2.75) is 19.8 Å². The summed E-state index contributed by atoms with van der Waals surface area (Å²) in [4.78, 5) is 17.2. The van der Waals surface area contributed by atoms with Gasteiger partial charge in [0, 0.05) is 29.4 Å². The van der Waals surface area contributed by atoms with E-state index in [1.807, 2.05) is 19.9 Å². The van der Waals surface area contributed by atoms with Crippen molar-refractivity contribution in [1.29, 1.82) is 0 Å². The molecule has 2 heterocycles. The number of methoxy groups -OCH3 is 2. The Bertz CT molecular complexity index is 1670. The van der Waals surface area contributed by atoms with Gasteiger partial charge in [-0.25, -0.2) is 13.9 Å². The van der Waals surface area contributed by atoms with Crippen LogP contribution in [0.4, 0.5) is 20.7 Å². The zero-order valence-electron chi connectivity index (χ0n) is 22.4. The third-order valence-electron chi connectivity index (χ3n) is 6.19. The highest BCUT2D eigenvalue weighted by Crippen LogP contribution is 2.37. The topological polar surface area (TPSA) is 99.5 Å². The lowest BCUT2D eigenvalue weighted by Gasteiger charge is -2.13. The molecule has 0 saturated heterocycles. The van der Waals surface area contributed by atoms with E-state index in [1.54, 1.807) is 81.1 Å². The van der Waals surface area contributed by atoms with Crippen LogP contribution >= 0.6 is 0 Å². The molecular weight excluding hydrogens is 513 g/mol. The number of amides is 2. The van der Waals surface area contributed by atoms with Gasteiger partial charge < -0.3 is 19.5 Å². The maximum Gasteiger partial charge on any atom is 0.324 e. The highest BCUT2D eigenvalue weighted by molar-refractivity contribution is 5.99. The molecule has 0 aliphatic carbocycles. The lowest BCUT2D eigenvalue weighted by atomic mass is 10.1. The number of rotatable bonds is 8. The van der Waals surface area contributed by atoms with E-state index in [0.29, 0.717) is 40.0 Å². The van der Waals surface area contributed by atoms with Crippen LogP contribution in [0.1, 0.15) is 25.5 Å². The summed E-state index contributed by atoms with van der Waals surface area (Å²) < 4.78 is 32.8. The molecule has 0 aliphatic heterocycles. The second kappa shape index (κ2) is 11.3. The van der Waals surface area contributed by atoms with Crippen LogP contribution in [-0.2, 0) is 0 Å². The first-order chi connectivity index (χ1) is 19.4. The highest BCUT2D eigenvalue weighted by Gasteiger charge is 2.17. The van der Waals surface area contributed by atoms with Gasteiger partial charge >= 0.3 is 6.03 Å². The third-order valence-corrected chi connectivity index (χ3v) is 6.19. The average molecular weight is 542 g/mol. The molecule has 0 atom stereocenters. The maximum atomic E-state index is 14.5. The molecule has 3 aromatic carbocycles. The Labute approximate surface area is 230 Å². The average Bonchev–Trinajstić information content (AvgIpc) is 3.37. The number of urea groups is 1. The first-order valence-corrected chi connectivity index (χ1v) is 12.6. The van der Waals surface area contributed by atoms with E-state index >= 15 is 0 Å². The number of fused-ring (bicyclic) bond motifs is 1. The molecule has 0 aliphatic rings. The number of anilines is 2. The molecule has 0 bridgehead atoms. The van der Waals surface area contributed by atoms with Crippen molar-refractivity contribution in [2.75, 3.05) is 24.9 Å². The normalized spacial score (nSPS) is 10.9. The molecule has 2 aromatic heterocycles. The van der Waals surface area contributed by atoms with E-state index in [-0.39, 0.29) is 11.6 Å². The molecule has 9 nitrogen and oxygen atoms in total. The number of carbonyl (C=O) groups is 1. The minimum Gasteiger partial charge on any atom is -0.493 e. The third kappa shape index (κ3) is 5.51. The fraction of sp³-hybridized carbons (Fsp3) is 0.167. The van der Waals surface area contributed by atoms with Crippen LogP contribution in [0.25, 0.3) is 16.6 Å². The fourth-order valence-corrected chi connectivity index (χ4v) is 4.13. The fourth-order valence-electron chi connectivity index (χ4n) is 4.13. The summed E-state index contributed by atoms with van der Waals surface area (Å²) in [7, 11) is 3.14. The van der Waals surface area contributed by atoms with Crippen LogP contribution in [-0.4, -0.2) is 35.0 Å².